The average molecular weight is 386 g/mol. The van der Waals surface area contributed by atoms with Gasteiger partial charge in [-0.3, -0.25) is 9.48 Å². The molecule has 146 valence electrons. The van der Waals surface area contributed by atoms with E-state index in [0.717, 1.165) is 12.8 Å². The highest BCUT2D eigenvalue weighted by Gasteiger charge is 2.27. The van der Waals surface area contributed by atoms with E-state index in [0.29, 0.717) is 29.9 Å². The SMILES string of the molecule is CC1=Cc2cc(Nc3nn([C@@H]4CCCOC4)cc3C(N)=O)cc(F)c2OB1O. The lowest BCUT2D eigenvalue weighted by Gasteiger charge is -2.22. The summed E-state index contributed by atoms with van der Waals surface area (Å²) in [6.45, 7) is 2.91. The molecule has 4 N–H and O–H groups in total. The van der Waals surface area contributed by atoms with Gasteiger partial charge in [0.2, 0.25) is 0 Å². The number of primary amides is 1. The minimum Gasteiger partial charge on any atom is -0.530 e. The second-order valence-corrected chi connectivity index (χ2v) is 6.97. The number of carbonyl (C=O) groups excluding carboxylic acids is 1. The quantitative estimate of drug-likeness (QED) is 0.694. The minimum absolute atomic E-state index is 0.0168. The second-order valence-electron chi connectivity index (χ2n) is 6.97. The van der Waals surface area contributed by atoms with Crippen molar-refractivity contribution in [2.75, 3.05) is 18.5 Å². The van der Waals surface area contributed by atoms with Crippen LogP contribution in [0, 0.1) is 5.82 Å². The monoisotopic (exact) mass is 386 g/mol. The van der Waals surface area contributed by atoms with Crippen LogP contribution in [0.4, 0.5) is 15.9 Å². The van der Waals surface area contributed by atoms with Crippen molar-refractivity contribution in [2.24, 2.45) is 5.73 Å². The molecule has 1 atom stereocenters. The first kappa shape index (κ1) is 18.5. The van der Waals surface area contributed by atoms with E-state index in [1.807, 2.05) is 0 Å². The molecule has 1 aromatic heterocycles. The van der Waals surface area contributed by atoms with E-state index >= 15 is 0 Å². The number of allylic oxidation sites excluding steroid dienone is 1. The molecule has 0 saturated carbocycles. The number of hydrogen-bond donors (Lipinski definition) is 3. The number of nitrogens with one attached hydrogen (secondary N) is 1. The number of rotatable bonds is 4. The van der Waals surface area contributed by atoms with Gasteiger partial charge in [0.15, 0.2) is 11.6 Å². The number of ether oxygens (including phenoxy) is 1. The van der Waals surface area contributed by atoms with Gasteiger partial charge in [-0.1, -0.05) is 6.08 Å². The predicted molar refractivity (Wildman–Crippen MR) is 102 cm³/mol. The Morgan fingerprint density at radius 2 is 2.32 bits per heavy atom. The predicted octanol–water partition coefficient (Wildman–Crippen LogP) is 2.03. The van der Waals surface area contributed by atoms with Crippen LogP contribution in [0.2, 0.25) is 0 Å². The highest BCUT2D eigenvalue weighted by molar-refractivity contribution is 6.54. The Balaban J connectivity index is 1.66. The van der Waals surface area contributed by atoms with Crippen molar-refractivity contribution in [3.05, 3.63) is 40.7 Å². The van der Waals surface area contributed by atoms with Crippen molar-refractivity contribution >= 4 is 30.6 Å². The zero-order valence-corrected chi connectivity index (χ0v) is 15.3. The molecular formula is C18H20BFN4O4. The topological polar surface area (TPSA) is 112 Å². The van der Waals surface area contributed by atoms with Gasteiger partial charge < -0.3 is 25.5 Å². The molecule has 2 aliphatic heterocycles. The van der Waals surface area contributed by atoms with Gasteiger partial charge in [0, 0.05) is 30.1 Å². The van der Waals surface area contributed by atoms with E-state index in [1.54, 1.807) is 29.9 Å². The number of carbonyl (C=O) groups is 1. The number of anilines is 2. The van der Waals surface area contributed by atoms with Crippen LogP contribution >= 0.6 is 0 Å². The fraction of sp³-hybridized carbons (Fsp3) is 0.333. The van der Waals surface area contributed by atoms with E-state index < -0.39 is 18.8 Å². The summed E-state index contributed by atoms with van der Waals surface area (Å²) in [6, 6.07) is 2.89. The Kier molecular flexibility index (Phi) is 4.82. The molecule has 2 aromatic rings. The summed E-state index contributed by atoms with van der Waals surface area (Å²) in [5.74, 6) is -1.05. The molecule has 0 radical (unpaired) electrons. The maximum absolute atomic E-state index is 14.5. The third-order valence-electron chi connectivity index (χ3n) is 4.85. The number of nitrogens with zero attached hydrogens (tertiary/aromatic N) is 2. The van der Waals surface area contributed by atoms with Crippen LogP contribution in [-0.4, -0.2) is 41.0 Å². The Bertz CT molecular complexity index is 955. The maximum atomic E-state index is 14.5. The second kappa shape index (κ2) is 7.29. The summed E-state index contributed by atoms with van der Waals surface area (Å²) in [4.78, 5) is 11.9. The van der Waals surface area contributed by atoms with Crippen LogP contribution in [0.25, 0.3) is 6.08 Å². The summed E-state index contributed by atoms with van der Waals surface area (Å²) >= 11 is 0. The van der Waals surface area contributed by atoms with Crippen molar-refractivity contribution in [3.8, 4) is 5.75 Å². The Labute approximate surface area is 161 Å². The van der Waals surface area contributed by atoms with Gasteiger partial charge in [0.05, 0.1) is 12.6 Å². The molecule has 3 heterocycles. The van der Waals surface area contributed by atoms with E-state index in [4.69, 9.17) is 15.1 Å². The van der Waals surface area contributed by atoms with Gasteiger partial charge in [0.25, 0.3) is 5.91 Å². The van der Waals surface area contributed by atoms with Crippen LogP contribution in [0.3, 0.4) is 0 Å². The van der Waals surface area contributed by atoms with E-state index in [9.17, 15) is 14.2 Å². The Morgan fingerprint density at radius 1 is 1.50 bits per heavy atom. The fourth-order valence-corrected chi connectivity index (χ4v) is 3.36. The standard InChI is InChI=1S/C18H20BFN4O4/c1-10-5-11-6-12(7-15(20)16(11)28-19(10)26)22-18-14(17(21)25)8-24(23-18)13-3-2-4-27-9-13/h5-8,13,26H,2-4,9H2,1H3,(H2,21,25)(H,22,23)/t13-/m1/s1. The van der Waals surface area contributed by atoms with Crippen molar-refractivity contribution < 1.29 is 23.6 Å². The third-order valence-corrected chi connectivity index (χ3v) is 4.85. The first-order valence-electron chi connectivity index (χ1n) is 9.02. The largest absolute Gasteiger partial charge is 0.555 e. The van der Waals surface area contributed by atoms with Crippen molar-refractivity contribution in [3.63, 3.8) is 0 Å². The number of fused-ring (bicyclic) bond motifs is 1. The number of hydrogen-bond acceptors (Lipinski definition) is 6. The van der Waals surface area contributed by atoms with Gasteiger partial charge >= 0.3 is 7.12 Å². The summed E-state index contributed by atoms with van der Waals surface area (Å²) in [7, 11) is -1.17. The maximum Gasteiger partial charge on any atom is 0.555 e. The van der Waals surface area contributed by atoms with Crippen LogP contribution in [0.5, 0.6) is 5.75 Å². The zero-order chi connectivity index (χ0) is 19.8. The van der Waals surface area contributed by atoms with Gasteiger partial charge in [-0.05, 0) is 31.3 Å². The molecule has 10 heteroatoms. The van der Waals surface area contributed by atoms with Gasteiger partial charge in [-0.25, -0.2) is 4.39 Å². The molecule has 4 rings (SSSR count). The van der Waals surface area contributed by atoms with Gasteiger partial charge in [-0.2, -0.15) is 5.10 Å². The molecule has 8 nitrogen and oxygen atoms in total. The van der Waals surface area contributed by atoms with Crippen molar-refractivity contribution in [1.82, 2.24) is 9.78 Å². The number of halogens is 1. The smallest absolute Gasteiger partial charge is 0.530 e. The molecule has 0 unspecified atom stereocenters. The molecule has 1 saturated heterocycles. The first-order valence-corrected chi connectivity index (χ1v) is 9.02. The van der Waals surface area contributed by atoms with Crippen molar-refractivity contribution in [1.29, 1.82) is 0 Å². The Morgan fingerprint density at radius 3 is 3.04 bits per heavy atom. The summed E-state index contributed by atoms with van der Waals surface area (Å²) < 4.78 is 26.8. The zero-order valence-electron chi connectivity index (χ0n) is 15.3. The normalized spacial score (nSPS) is 18.9. The number of benzene rings is 1. The third kappa shape index (κ3) is 3.48. The lowest BCUT2D eigenvalue weighted by Crippen LogP contribution is -2.27. The molecule has 1 amide bonds. The molecule has 28 heavy (non-hydrogen) atoms. The lowest BCUT2D eigenvalue weighted by molar-refractivity contribution is 0.0550. The van der Waals surface area contributed by atoms with Crippen LogP contribution < -0.4 is 15.7 Å². The van der Waals surface area contributed by atoms with E-state index in [1.165, 1.54) is 6.07 Å². The van der Waals surface area contributed by atoms with Crippen LogP contribution in [0.1, 0.15) is 41.7 Å². The molecular weight excluding hydrogens is 366 g/mol. The molecule has 0 spiro atoms. The van der Waals surface area contributed by atoms with Gasteiger partial charge in [-0.15, -0.1) is 0 Å². The highest BCUT2D eigenvalue weighted by Crippen LogP contribution is 2.34. The Hall–Kier alpha value is -2.85. The number of nitrogens with two attached hydrogens (primary N) is 1. The molecule has 0 bridgehead atoms. The van der Waals surface area contributed by atoms with E-state index in [-0.39, 0.29) is 23.2 Å². The van der Waals surface area contributed by atoms with Crippen LogP contribution in [-0.2, 0) is 4.74 Å². The highest BCUT2D eigenvalue weighted by atomic mass is 19.1. The van der Waals surface area contributed by atoms with Gasteiger partial charge in [0.1, 0.15) is 11.3 Å². The summed E-state index contributed by atoms with van der Waals surface area (Å²) in [5.41, 5.74) is 7.12. The number of amides is 1. The molecule has 1 fully saturated rings. The summed E-state index contributed by atoms with van der Waals surface area (Å²) in [6.07, 6.45) is 5.02. The molecule has 1 aromatic carbocycles. The first-order chi connectivity index (χ1) is 13.4. The number of aromatic nitrogens is 2. The molecule has 0 aliphatic carbocycles. The summed E-state index contributed by atoms with van der Waals surface area (Å²) in [5, 5.41) is 17.1. The fourth-order valence-electron chi connectivity index (χ4n) is 3.36. The van der Waals surface area contributed by atoms with E-state index in [2.05, 4.69) is 10.4 Å². The van der Waals surface area contributed by atoms with Crippen molar-refractivity contribution in [2.45, 2.75) is 25.8 Å². The van der Waals surface area contributed by atoms with Crippen LogP contribution in [0.15, 0.2) is 23.8 Å². The lowest BCUT2D eigenvalue weighted by atomic mass is 9.76. The average Bonchev–Trinajstić information content (AvgIpc) is 3.08. The molecule has 2 aliphatic rings. The minimum atomic E-state index is -1.17.